The van der Waals surface area contributed by atoms with Crippen molar-refractivity contribution in [3.8, 4) is 11.1 Å². The number of hydrogen-bond donors (Lipinski definition) is 2. The van der Waals surface area contributed by atoms with Crippen molar-refractivity contribution in [2.45, 2.75) is 37.6 Å². The molecule has 3 N–H and O–H groups in total. The predicted molar refractivity (Wildman–Crippen MR) is 123 cm³/mol. The minimum atomic E-state index is -0.249. The van der Waals surface area contributed by atoms with Gasteiger partial charge in [0, 0.05) is 22.7 Å². The second kappa shape index (κ2) is 6.75. The average Bonchev–Trinajstić information content (AvgIpc) is 3.18. The first-order valence-corrected chi connectivity index (χ1v) is 10.8. The topological polar surface area (TPSA) is 89.1 Å². The molecule has 1 aromatic carbocycles. The van der Waals surface area contributed by atoms with Gasteiger partial charge < -0.3 is 5.73 Å². The molecule has 6 heteroatoms. The lowest BCUT2D eigenvalue weighted by Gasteiger charge is -2.41. The highest BCUT2D eigenvalue weighted by molar-refractivity contribution is 5.97. The number of allylic oxidation sites excluding steroid dienone is 3. The quantitative estimate of drug-likeness (QED) is 0.530. The molecular formula is C25H23N5O. The highest BCUT2D eigenvalue weighted by Crippen LogP contribution is 2.42. The van der Waals surface area contributed by atoms with Crippen LogP contribution in [0.1, 0.15) is 37.8 Å². The fourth-order valence-electron chi connectivity index (χ4n) is 4.82. The van der Waals surface area contributed by atoms with E-state index in [0.717, 1.165) is 53.4 Å². The number of aromatic nitrogens is 4. The van der Waals surface area contributed by atoms with Crippen LogP contribution < -0.4 is 11.4 Å². The van der Waals surface area contributed by atoms with Gasteiger partial charge in [-0.2, -0.15) is 5.10 Å². The van der Waals surface area contributed by atoms with Crippen molar-refractivity contribution in [3.63, 3.8) is 0 Å². The van der Waals surface area contributed by atoms with Gasteiger partial charge in [0.2, 0.25) is 0 Å². The van der Waals surface area contributed by atoms with Crippen molar-refractivity contribution in [1.82, 2.24) is 19.6 Å². The second-order valence-electron chi connectivity index (χ2n) is 8.61. The Balaban J connectivity index is 1.56. The van der Waals surface area contributed by atoms with E-state index in [4.69, 9.17) is 10.7 Å². The predicted octanol–water partition coefficient (Wildman–Crippen LogP) is 4.22. The first-order chi connectivity index (χ1) is 15.1. The van der Waals surface area contributed by atoms with Gasteiger partial charge in [0.15, 0.2) is 5.65 Å². The summed E-state index contributed by atoms with van der Waals surface area (Å²) in [4.78, 5) is 17.1. The molecule has 3 heterocycles. The smallest absolute Gasteiger partial charge is 0.322 e. The zero-order valence-corrected chi connectivity index (χ0v) is 17.1. The van der Waals surface area contributed by atoms with E-state index in [0.29, 0.717) is 5.65 Å². The molecule has 0 saturated heterocycles. The van der Waals surface area contributed by atoms with Crippen LogP contribution in [0.5, 0.6) is 0 Å². The summed E-state index contributed by atoms with van der Waals surface area (Å²) in [5, 5.41) is 7.61. The molecule has 2 aliphatic carbocycles. The molecule has 0 amide bonds. The van der Waals surface area contributed by atoms with E-state index in [1.807, 2.05) is 24.3 Å². The van der Waals surface area contributed by atoms with Crippen molar-refractivity contribution < 1.29 is 0 Å². The van der Waals surface area contributed by atoms with Crippen LogP contribution in [-0.2, 0) is 0 Å². The molecule has 1 fully saturated rings. The first-order valence-electron chi connectivity index (χ1n) is 10.8. The van der Waals surface area contributed by atoms with Gasteiger partial charge in [-0.25, -0.2) is 19.3 Å². The fourth-order valence-corrected chi connectivity index (χ4v) is 4.82. The molecule has 0 radical (unpaired) electrons. The van der Waals surface area contributed by atoms with Gasteiger partial charge in [-0.1, -0.05) is 48.1 Å². The van der Waals surface area contributed by atoms with Gasteiger partial charge in [-0.3, -0.25) is 0 Å². The zero-order chi connectivity index (χ0) is 21.0. The number of nitrogens with two attached hydrogens (primary N) is 1. The summed E-state index contributed by atoms with van der Waals surface area (Å²) in [5.41, 5.74) is 13.3. The Hall–Kier alpha value is -3.51. The third-order valence-electron chi connectivity index (χ3n) is 6.80. The molecule has 0 unspecified atom stereocenters. The SMILES string of the molecule is NC1(C2=CC=C(c3nc4ccn5c(=O)[nH]nc5c4cc3-c3ccccc3)CC2)CCC1. The molecule has 154 valence electrons. The number of benzene rings is 1. The monoisotopic (exact) mass is 409 g/mol. The van der Waals surface area contributed by atoms with Crippen LogP contribution >= 0.6 is 0 Å². The largest absolute Gasteiger partial charge is 0.347 e. The Morgan fingerprint density at radius 2 is 1.90 bits per heavy atom. The summed E-state index contributed by atoms with van der Waals surface area (Å²) in [7, 11) is 0. The Morgan fingerprint density at radius 1 is 1.06 bits per heavy atom. The minimum absolute atomic E-state index is 0.0973. The van der Waals surface area contributed by atoms with E-state index < -0.39 is 0 Å². The van der Waals surface area contributed by atoms with Crippen LogP contribution in [0.4, 0.5) is 0 Å². The van der Waals surface area contributed by atoms with E-state index in [-0.39, 0.29) is 11.2 Å². The molecule has 31 heavy (non-hydrogen) atoms. The van der Waals surface area contributed by atoms with Crippen LogP contribution in [0.2, 0.25) is 0 Å². The van der Waals surface area contributed by atoms with Gasteiger partial charge in [0.1, 0.15) is 0 Å². The molecule has 6 nitrogen and oxygen atoms in total. The number of hydrogen-bond acceptors (Lipinski definition) is 4. The van der Waals surface area contributed by atoms with E-state index >= 15 is 0 Å². The molecular weight excluding hydrogens is 386 g/mol. The van der Waals surface area contributed by atoms with Gasteiger partial charge in [-0.15, -0.1) is 0 Å². The third kappa shape index (κ3) is 2.86. The molecule has 0 spiro atoms. The normalized spacial score (nSPS) is 18.0. The van der Waals surface area contributed by atoms with Crippen molar-refractivity contribution in [3.05, 3.63) is 82.6 Å². The van der Waals surface area contributed by atoms with Crippen LogP contribution in [0.3, 0.4) is 0 Å². The zero-order valence-electron chi connectivity index (χ0n) is 17.1. The lowest BCUT2D eigenvalue weighted by atomic mass is 9.69. The highest BCUT2D eigenvalue weighted by Gasteiger charge is 2.36. The summed E-state index contributed by atoms with van der Waals surface area (Å²) in [5.74, 6) is 0. The molecule has 0 bridgehead atoms. The number of nitrogens with one attached hydrogen (secondary N) is 1. The number of fused-ring (bicyclic) bond motifs is 3. The van der Waals surface area contributed by atoms with E-state index in [1.165, 1.54) is 22.0 Å². The van der Waals surface area contributed by atoms with E-state index in [1.54, 1.807) is 6.20 Å². The molecule has 4 aromatic rings. The second-order valence-corrected chi connectivity index (χ2v) is 8.61. The number of aromatic amines is 1. The summed E-state index contributed by atoms with van der Waals surface area (Å²) in [6, 6.07) is 14.3. The average molecular weight is 409 g/mol. The molecule has 6 rings (SSSR count). The van der Waals surface area contributed by atoms with Crippen molar-refractivity contribution >= 4 is 22.1 Å². The molecule has 3 aromatic heterocycles. The molecule has 1 saturated carbocycles. The lowest BCUT2D eigenvalue weighted by molar-refractivity contribution is 0.291. The fraction of sp³-hybridized carbons (Fsp3) is 0.240. The maximum atomic E-state index is 12.0. The van der Waals surface area contributed by atoms with Gasteiger partial charge in [0.05, 0.1) is 11.2 Å². The number of rotatable bonds is 3. The number of H-pyrrole nitrogens is 1. The van der Waals surface area contributed by atoms with E-state index in [2.05, 4.69) is 40.5 Å². The summed E-state index contributed by atoms with van der Waals surface area (Å²) in [6.07, 6.45) is 11.4. The Labute approximate surface area is 179 Å². The minimum Gasteiger partial charge on any atom is -0.322 e. The van der Waals surface area contributed by atoms with Gasteiger partial charge in [-0.05, 0) is 55.4 Å². The lowest BCUT2D eigenvalue weighted by Crippen LogP contribution is -2.48. The Kier molecular flexibility index (Phi) is 3.98. The van der Waals surface area contributed by atoms with Gasteiger partial charge >= 0.3 is 5.69 Å². The van der Waals surface area contributed by atoms with Crippen LogP contribution in [-0.4, -0.2) is 25.1 Å². The first kappa shape index (κ1) is 18.3. The third-order valence-corrected chi connectivity index (χ3v) is 6.80. The van der Waals surface area contributed by atoms with Gasteiger partial charge in [0.25, 0.3) is 0 Å². The summed E-state index contributed by atoms with van der Waals surface area (Å²) >= 11 is 0. The maximum Gasteiger partial charge on any atom is 0.347 e. The summed E-state index contributed by atoms with van der Waals surface area (Å²) < 4.78 is 1.52. The standard InChI is InChI=1S/C25H23N5O/c26-25(12-4-13-25)18-9-7-17(8-10-18)22-19(16-5-2-1-3-6-16)15-20-21(27-22)11-14-30-23(20)28-29-24(30)31/h1-3,5-7,9,11,14-15H,4,8,10,12-13,26H2,(H,29,31). The van der Waals surface area contributed by atoms with Crippen LogP contribution in [0, 0.1) is 0 Å². The van der Waals surface area contributed by atoms with Crippen molar-refractivity contribution in [1.29, 1.82) is 0 Å². The van der Waals surface area contributed by atoms with E-state index in [9.17, 15) is 4.79 Å². The Morgan fingerprint density at radius 3 is 2.61 bits per heavy atom. The molecule has 0 atom stereocenters. The highest BCUT2D eigenvalue weighted by atomic mass is 16.1. The molecule has 0 aliphatic heterocycles. The Bertz CT molecular complexity index is 1440. The van der Waals surface area contributed by atoms with Crippen LogP contribution in [0.15, 0.2) is 71.2 Å². The summed E-state index contributed by atoms with van der Waals surface area (Å²) in [6.45, 7) is 0. The number of pyridine rings is 2. The van der Waals surface area contributed by atoms with Crippen molar-refractivity contribution in [2.24, 2.45) is 5.73 Å². The maximum absolute atomic E-state index is 12.0. The number of nitrogens with zero attached hydrogens (tertiary/aromatic N) is 3. The molecule has 2 aliphatic rings. The van der Waals surface area contributed by atoms with Crippen LogP contribution in [0.25, 0.3) is 33.3 Å². The van der Waals surface area contributed by atoms with Crippen molar-refractivity contribution in [2.75, 3.05) is 0 Å².